The smallest absolute Gasteiger partial charge is 0.353 e. The number of hydrogen-bond acceptors (Lipinski definition) is 5. The maximum Gasteiger partial charge on any atom is 0.353 e. The first kappa shape index (κ1) is 15.4. The Labute approximate surface area is 148 Å². The van der Waals surface area contributed by atoms with Crippen LogP contribution < -0.4 is 9.47 Å². The lowest BCUT2D eigenvalue weighted by Crippen LogP contribution is -2.06. The third-order valence-electron chi connectivity index (χ3n) is 3.67. The lowest BCUT2D eigenvalue weighted by atomic mass is 10.1. The second-order valence-corrected chi connectivity index (χ2v) is 6.32. The van der Waals surface area contributed by atoms with Crippen LogP contribution in [0.1, 0.15) is 25.6 Å². The summed E-state index contributed by atoms with van der Waals surface area (Å²) in [6.07, 6.45) is 1.69. The Morgan fingerprint density at radius 3 is 2.64 bits per heavy atom. The molecule has 0 amide bonds. The molecule has 0 spiro atoms. The zero-order chi connectivity index (χ0) is 17.2. The third kappa shape index (κ3) is 3.09. The molecule has 2 heterocycles. The summed E-state index contributed by atoms with van der Waals surface area (Å²) >= 11 is 1.31. The maximum atomic E-state index is 12.4. The van der Waals surface area contributed by atoms with Crippen LogP contribution in [0, 0.1) is 0 Å². The zero-order valence-corrected chi connectivity index (χ0v) is 13.8. The van der Waals surface area contributed by atoms with Crippen LogP contribution >= 0.6 is 11.3 Å². The largest absolute Gasteiger partial charge is 0.452 e. The highest BCUT2D eigenvalue weighted by molar-refractivity contribution is 7.12. The van der Waals surface area contributed by atoms with E-state index in [1.807, 2.05) is 35.7 Å². The Morgan fingerprint density at radius 2 is 1.88 bits per heavy atom. The number of ether oxygens (including phenoxy) is 2. The molecule has 0 aliphatic carbocycles. The van der Waals surface area contributed by atoms with Crippen LogP contribution in [0.2, 0.25) is 0 Å². The van der Waals surface area contributed by atoms with Gasteiger partial charge in [-0.2, -0.15) is 0 Å². The normalized spacial score (nSPS) is 14.2. The molecule has 0 saturated heterocycles. The van der Waals surface area contributed by atoms with Gasteiger partial charge in [-0.25, -0.2) is 4.79 Å². The van der Waals surface area contributed by atoms with E-state index in [0.29, 0.717) is 21.9 Å². The van der Waals surface area contributed by atoms with Gasteiger partial charge in [0.15, 0.2) is 5.76 Å². The average Bonchev–Trinajstić information content (AvgIpc) is 3.25. The third-order valence-corrected chi connectivity index (χ3v) is 4.52. The molecule has 0 radical (unpaired) electrons. The monoisotopic (exact) mass is 348 g/mol. The molecular weight excluding hydrogens is 336 g/mol. The molecule has 122 valence electrons. The summed E-state index contributed by atoms with van der Waals surface area (Å²) in [6, 6.07) is 17.7. The minimum Gasteiger partial charge on any atom is -0.452 e. The van der Waals surface area contributed by atoms with Gasteiger partial charge >= 0.3 is 5.97 Å². The zero-order valence-electron chi connectivity index (χ0n) is 13.0. The summed E-state index contributed by atoms with van der Waals surface area (Å²) in [5.41, 5.74) is 1.33. The van der Waals surface area contributed by atoms with Crippen molar-refractivity contribution < 1.29 is 19.1 Å². The molecule has 5 heteroatoms. The van der Waals surface area contributed by atoms with Crippen LogP contribution in [0.25, 0.3) is 6.08 Å². The van der Waals surface area contributed by atoms with E-state index in [1.165, 1.54) is 11.3 Å². The minimum absolute atomic E-state index is 0.185. The van der Waals surface area contributed by atoms with Crippen LogP contribution in [-0.4, -0.2) is 11.8 Å². The number of hydrogen-bond donors (Lipinski definition) is 0. The summed E-state index contributed by atoms with van der Waals surface area (Å²) in [5, 5.41) is 1.81. The van der Waals surface area contributed by atoms with Gasteiger partial charge in [-0.15, -0.1) is 11.3 Å². The van der Waals surface area contributed by atoms with E-state index < -0.39 is 5.97 Å². The lowest BCUT2D eigenvalue weighted by molar-refractivity contribution is 0.0739. The van der Waals surface area contributed by atoms with Crippen LogP contribution in [0.5, 0.6) is 11.5 Å². The van der Waals surface area contributed by atoms with Crippen LogP contribution in [0.4, 0.5) is 0 Å². The molecule has 1 aliphatic rings. The van der Waals surface area contributed by atoms with E-state index >= 15 is 0 Å². The van der Waals surface area contributed by atoms with Gasteiger partial charge in [0.1, 0.15) is 16.4 Å². The highest BCUT2D eigenvalue weighted by Crippen LogP contribution is 2.35. The van der Waals surface area contributed by atoms with E-state index in [9.17, 15) is 9.59 Å². The molecule has 25 heavy (non-hydrogen) atoms. The van der Waals surface area contributed by atoms with Gasteiger partial charge < -0.3 is 9.47 Å². The second-order valence-electron chi connectivity index (χ2n) is 5.38. The fraction of sp³-hybridized carbons (Fsp3) is 0. The molecule has 2 aromatic carbocycles. The number of esters is 1. The Morgan fingerprint density at radius 1 is 1.04 bits per heavy atom. The van der Waals surface area contributed by atoms with Crippen molar-refractivity contribution in [3.8, 4) is 11.5 Å². The molecule has 1 aliphatic heterocycles. The number of thiophene rings is 1. The van der Waals surface area contributed by atoms with Gasteiger partial charge in [0, 0.05) is 6.07 Å². The van der Waals surface area contributed by atoms with Crippen molar-refractivity contribution in [1.82, 2.24) is 0 Å². The van der Waals surface area contributed by atoms with Crippen molar-refractivity contribution >= 4 is 29.2 Å². The van der Waals surface area contributed by atoms with Gasteiger partial charge in [0.25, 0.3) is 0 Å². The molecule has 4 nitrogen and oxygen atoms in total. The molecule has 0 atom stereocenters. The van der Waals surface area contributed by atoms with Crippen molar-refractivity contribution in [2.75, 3.05) is 0 Å². The summed E-state index contributed by atoms with van der Waals surface area (Å²) in [4.78, 5) is 25.0. The van der Waals surface area contributed by atoms with Crippen molar-refractivity contribution in [1.29, 1.82) is 0 Å². The molecule has 4 rings (SSSR count). The van der Waals surface area contributed by atoms with E-state index in [-0.39, 0.29) is 11.5 Å². The minimum atomic E-state index is -0.431. The summed E-state index contributed by atoms with van der Waals surface area (Å²) in [5.74, 6) is 0.367. The van der Waals surface area contributed by atoms with E-state index in [0.717, 1.165) is 5.56 Å². The van der Waals surface area contributed by atoms with Gasteiger partial charge in [0.05, 0.1) is 5.56 Å². The van der Waals surface area contributed by atoms with Crippen molar-refractivity contribution in [2.45, 2.75) is 0 Å². The first-order valence-electron chi connectivity index (χ1n) is 7.60. The van der Waals surface area contributed by atoms with Gasteiger partial charge in [-0.3, -0.25) is 4.79 Å². The molecule has 3 aromatic rings. The summed E-state index contributed by atoms with van der Waals surface area (Å²) < 4.78 is 11.0. The number of carbonyl (C=O) groups is 2. The van der Waals surface area contributed by atoms with Crippen molar-refractivity contribution in [2.24, 2.45) is 0 Å². The number of rotatable bonds is 3. The van der Waals surface area contributed by atoms with Gasteiger partial charge in [-0.05, 0) is 35.2 Å². The maximum absolute atomic E-state index is 12.4. The van der Waals surface area contributed by atoms with Crippen molar-refractivity contribution in [3.63, 3.8) is 0 Å². The Kier molecular flexibility index (Phi) is 3.91. The molecule has 0 bridgehead atoms. The quantitative estimate of drug-likeness (QED) is 0.395. The standard InChI is InChI=1S/C20H12O4S/c21-19-15-9-8-14(23-20(22)18-7-4-10-25-18)12-16(15)24-17(19)11-13-5-2-1-3-6-13/h1-12H/b17-11-. The number of benzene rings is 2. The number of ketones is 1. The highest BCUT2D eigenvalue weighted by Gasteiger charge is 2.28. The van der Waals surface area contributed by atoms with Gasteiger partial charge in [0.2, 0.25) is 5.78 Å². The Bertz CT molecular complexity index is 972. The van der Waals surface area contributed by atoms with Crippen LogP contribution in [0.3, 0.4) is 0 Å². The number of carbonyl (C=O) groups excluding carboxylic acids is 2. The van der Waals surface area contributed by atoms with Crippen LogP contribution in [-0.2, 0) is 0 Å². The average molecular weight is 348 g/mol. The second kappa shape index (κ2) is 6.37. The van der Waals surface area contributed by atoms with Gasteiger partial charge in [-0.1, -0.05) is 36.4 Å². The van der Waals surface area contributed by atoms with Crippen molar-refractivity contribution in [3.05, 3.63) is 87.8 Å². The predicted molar refractivity (Wildman–Crippen MR) is 95.1 cm³/mol. The molecule has 0 N–H and O–H groups in total. The highest BCUT2D eigenvalue weighted by atomic mass is 32.1. The number of fused-ring (bicyclic) bond motifs is 1. The SMILES string of the molecule is O=C(Oc1ccc2c(c1)O/C(=C\c1ccccc1)C2=O)c1cccs1. The molecule has 0 saturated carbocycles. The first-order valence-corrected chi connectivity index (χ1v) is 8.48. The topological polar surface area (TPSA) is 52.6 Å². The van der Waals surface area contributed by atoms with E-state index in [2.05, 4.69) is 0 Å². The fourth-order valence-electron chi connectivity index (χ4n) is 2.48. The fourth-order valence-corrected chi connectivity index (χ4v) is 3.08. The molecule has 0 unspecified atom stereocenters. The van der Waals surface area contributed by atoms with E-state index in [1.54, 1.807) is 36.4 Å². The predicted octanol–water partition coefficient (Wildman–Crippen LogP) is 4.58. The Hall–Kier alpha value is -3.18. The number of allylic oxidation sites excluding steroid dienone is 1. The molecule has 0 fully saturated rings. The first-order chi connectivity index (χ1) is 12.2. The molecular formula is C20H12O4S. The summed E-state index contributed by atoms with van der Waals surface area (Å²) in [7, 11) is 0. The van der Waals surface area contributed by atoms with Crippen LogP contribution in [0.15, 0.2) is 71.8 Å². The Balaban J connectivity index is 1.57. The lowest BCUT2D eigenvalue weighted by Gasteiger charge is -2.04. The number of Topliss-reactive ketones (excluding diaryl/α,β-unsaturated/α-hetero) is 1. The van der Waals surface area contributed by atoms with E-state index in [4.69, 9.17) is 9.47 Å². The molecule has 1 aromatic heterocycles. The summed E-state index contributed by atoms with van der Waals surface area (Å²) in [6.45, 7) is 0.